The number of nitrogens with one attached hydrogen (secondary N) is 1. The van der Waals surface area contributed by atoms with Gasteiger partial charge >= 0.3 is 12.2 Å². The van der Waals surface area contributed by atoms with Gasteiger partial charge in [0.25, 0.3) is 0 Å². The molecular formula is C16H20N2O5S2. The fourth-order valence-corrected chi connectivity index (χ4v) is 3.49. The zero-order valence-corrected chi connectivity index (χ0v) is 15.3. The highest BCUT2D eigenvalue weighted by Crippen LogP contribution is 2.32. The molecule has 2 rings (SSSR count). The van der Waals surface area contributed by atoms with E-state index in [1.165, 1.54) is 23.5 Å². The highest BCUT2D eigenvalue weighted by Gasteiger charge is 2.38. The summed E-state index contributed by atoms with van der Waals surface area (Å²) in [5, 5.41) is 1.95. The van der Waals surface area contributed by atoms with Gasteiger partial charge in [0.1, 0.15) is 19.8 Å². The van der Waals surface area contributed by atoms with Crippen LogP contribution in [0.5, 0.6) is 0 Å². The number of nitrogens with zero attached hydrogens (tertiary/aromatic N) is 1. The Kier molecular flexibility index (Phi) is 7.20. The zero-order chi connectivity index (χ0) is 18.2. The second-order valence-electron chi connectivity index (χ2n) is 5.37. The molecule has 0 bridgehead atoms. The average molecular weight is 384 g/mol. The fraction of sp³-hybridized carbons (Fsp3) is 0.438. The van der Waals surface area contributed by atoms with E-state index in [4.69, 9.17) is 26.4 Å². The number of thiazole rings is 1. The summed E-state index contributed by atoms with van der Waals surface area (Å²) in [6.07, 6.45) is 2.31. The third-order valence-electron chi connectivity index (χ3n) is 3.67. The predicted octanol–water partition coefficient (Wildman–Crippen LogP) is 3.63. The van der Waals surface area contributed by atoms with E-state index < -0.39 is 12.2 Å². The van der Waals surface area contributed by atoms with Crippen molar-refractivity contribution in [2.45, 2.75) is 18.4 Å². The molecule has 1 saturated heterocycles. The Morgan fingerprint density at radius 1 is 1.32 bits per heavy atom. The second-order valence-corrected chi connectivity index (χ2v) is 6.91. The summed E-state index contributed by atoms with van der Waals surface area (Å²) in [4.78, 5) is 28.4. The Balaban J connectivity index is 2.02. The van der Waals surface area contributed by atoms with Gasteiger partial charge in [-0.3, -0.25) is 0 Å². The summed E-state index contributed by atoms with van der Waals surface area (Å²) >= 11 is 6.55. The maximum absolute atomic E-state index is 12.3. The van der Waals surface area contributed by atoms with Crippen molar-refractivity contribution in [2.24, 2.45) is 0 Å². The molecule has 0 saturated carbocycles. The first-order valence-electron chi connectivity index (χ1n) is 7.67. The summed E-state index contributed by atoms with van der Waals surface area (Å²) < 4.78 is 15.7. The molecule has 0 unspecified atom stereocenters. The van der Waals surface area contributed by atoms with Crippen LogP contribution >= 0.6 is 23.6 Å². The minimum absolute atomic E-state index is 0.0283. The SMILES string of the molecule is C=CCOC(=O)OC[C@@H]1C[C@@H](c2csc(=S)[nH]2)CN1C(=O)OCC=C. The zero-order valence-electron chi connectivity index (χ0n) is 13.6. The second kappa shape index (κ2) is 9.38. The number of rotatable bonds is 7. The van der Waals surface area contributed by atoms with Crippen LogP contribution in [-0.4, -0.2) is 54.5 Å². The highest BCUT2D eigenvalue weighted by atomic mass is 32.1. The van der Waals surface area contributed by atoms with E-state index in [0.717, 1.165) is 5.69 Å². The molecule has 9 heteroatoms. The average Bonchev–Trinajstić information content (AvgIpc) is 3.22. The maximum Gasteiger partial charge on any atom is 0.508 e. The van der Waals surface area contributed by atoms with Crippen LogP contribution in [0.3, 0.4) is 0 Å². The first-order valence-corrected chi connectivity index (χ1v) is 8.96. The topological polar surface area (TPSA) is 80.9 Å². The summed E-state index contributed by atoms with van der Waals surface area (Å²) in [5.74, 6) is 0.0713. The van der Waals surface area contributed by atoms with Gasteiger partial charge in [-0.2, -0.15) is 0 Å². The van der Waals surface area contributed by atoms with Gasteiger partial charge in [-0.15, -0.1) is 11.3 Å². The van der Waals surface area contributed by atoms with Crippen molar-refractivity contribution in [1.29, 1.82) is 0 Å². The molecule has 1 aliphatic rings. The van der Waals surface area contributed by atoms with Crippen molar-refractivity contribution >= 4 is 35.8 Å². The number of aromatic amines is 1. The van der Waals surface area contributed by atoms with Gasteiger partial charge in [-0.1, -0.05) is 25.3 Å². The minimum atomic E-state index is -0.794. The standard InChI is InChI=1S/C16H20N2O5S2/c1-3-5-21-15(19)18-8-11(13-10-25-14(24)17-13)7-12(18)9-23-16(20)22-6-4-2/h3-4,10-12H,1-2,5-9H2,(H,17,24)/t11-,12+/m1/s1. The van der Waals surface area contributed by atoms with Crippen molar-refractivity contribution in [3.8, 4) is 0 Å². The monoisotopic (exact) mass is 384 g/mol. The largest absolute Gasteiger partial charge is 0.508 e. The molecular weight excluding hydrogens is 364 g/mol. The number of carbonyl (C=O) groups is 2. The Labute approximate surface area is 154 Å². The Morgan fingerprint density at radius 3 is 2.68 bits per heavy atom. The maximum atomic E-state index is 12.3. The number of aromatic nitrogens is 1. The first-order chi connectivity index (χ1) is 12.0. The number of carbonyl (C=O) groups excluding carboxylic acids is 2. The molecule has 2 atom stereocenters. The lowest BCUT2D eigenvalue weighted by Crippen LogP contribution is -2.39. The van der Waals surface area contributed by atoms with E-state index in [2.05, 4.69) is 18.1 Å². The number of hydrogen-bond donors (Lipinski definition) is 1. The van der Waals surface area contributed by atoms with Gasteiger partial charge in [0, 0.05) is 23.5 Å². The van der Waals surface area contributed by atoms with Gasteiger partial charge in [0.05, 0.1) is 6.04 Å². The Bertz CT molecular complexity index is 684. The number of ether oxygens (including phenoxy) is 3. The van der Waals surface area contributed by atoms with E-state index in [-0.39, 0.29) is 31.8 Å². The lowest BCUT2D eigenvalue weighted by molar-refractivity contribution is 0.0404. The van der Waals surface area contributed by atoms with E-state index in [9.17, 15) is 9.59 Å². The molecule has 136 valence electrons. The van der Waals surface area contributed by atoms with Crippen LogP contribution in [0.15, 0.2) is 30.7 Å². The fourth-order valence-electron chi connectivity index (χ4n) is 2.56. The van der Waals surface area contributed by atoms with E-state index >= 15 is 0 Å². The van der Waals surface area contributed by atoms with Crippen molar-refractivity contribution in [2.75, 3.05) is 26.4 Å². The molecule has 1 amide bonds. The van der Waals surface area contributed by atoms with E-state index in [1.807, 2.05) is 5.38 Å². The van der Waals surface area contributed by atoms with Gasteiger partial charge in [-0.25, -0.2) is 9.59 Å². The molecule has 0 aliphatic carbocycles. The lowest BCUT2D eigenvalue weighted by Gasteiger charge is -2.23. The van der Waals surface area contributed by atoms with Crippen molar-refractivity contribution in [1.82, 2.24) is 9.88 Å². The number of amides is 1. The molecule has 1 aliphatic heterocycles. The Hall–Kier alpha value is -2.13. The number of H-pyrrole nitrogens is 1. The molecule has 1 aromatic rings. The lowest BCUT2D eigenvalue weighted by atomic mass is 10.0. The molecule has 7 nitrogen and oxygen atoms in total. The van der Waals surface area contributed by atoms with Gasteiger partial charge in [0.15, 0.2) is 3.95 Å². The van der Waals surface area contributed by atoms with Crippen molar-refractivity contribution in [3.63, 3.8) is 0 Å². The molecule has 25 heavy (non-hydrogen) atoms. The summed E-state index contributed by atoms with van der Waals surface area (Å²) in [6, 6.07) is -0.305. The number of likely N-dealkylation sites (tertiary alicyclic amines) is 1. The molecule has 0 aromatic carbocycles. The molecule has 1 N–H and O–H groups in total. The van der Waals surface area contributed by atoms with Gasteiger partial charge < -0.3 is 24.1 Å². The highest BCUT2D eigenvalue weighted by molar-refractivity contribution is 7.73. The first kappa shape index (κ1) is 19.2. The third kappa shape index (κ3) is 5.43. The van der Waals surface area contributed by atoms with E-state index in [0.29, 0.717) is 16.9 Å². The van der Waals surface area contributed by atoms with Crippen LogP contribution in [0.25, 0.3) is 0 Å². The van der Waals surface area contributed by atoms with E-state index in [1.54, 1.807) is 4.90 Å². The van der Waals surface area contributed by atoms with Crippen LogP contribution in [0.4, 0.5) is 9.59 Å². The molecule has 1 aromatic heterocycles. The van der Waals surface area contributed by atoms with Gasteiger partial charge in [0.2, 0.25) is 0 Å². The molecule has 2 heterocycles. The predicted molar refractivity (Wildman–Crippen MR) is 96.4 cm³/mol. The van der Waals surface area contributed by atoms with Crippen molar-refractivity contribution < 1.29 is 23.8 Å². The summed E-state index contributed by atoms with van der Waals surface area (Å²) in [7, 11) is 0. The molecule has 0 spiro atoms. The van der Waals surface area contributed by atoms with Crippen LogP contribution in [-0.2, 0) is 14.2 Å². The number of hydrogen-bond acceptors (Lipinski definition) is 7. The van der Waals surface area contributed by atoms with Crippen molar-refractivity contribution in [3.05, 3.63) is 40.3 Å². The van der Waals surface area contributed by atoms with Crippen LogP contribution in [0, 0.1) is 3.95 Å². The molecule has 0 radical (unpaired) electrons. The smallest absolute Gasteiger partial charge is 0.445 e. The summed E-state index contributed by atoms with van der Waals surface area (Å²) in [5.41, 5.74) is 0.966. The van der Waals surface area contributed by atoms with Gasteiger partial charge in [-0.05, 0) is 18.6 Å². The Morgan fingerprint density at radius 2 is 2.04 bits per heavy atom. The van der Waals surface area contributed by atoms with Crippen LogP contribution < -0.4 is 0 Å². The third-order valence-corrected chi connectivity index (χ3v) is 4.74. The van der Waals surface area contributed by atoms with Crippen LogP contribution in [0.2, 0.25) is 0 Å². The van der Waals surface area contributed by atoms with Crippen LogP contribution in [0.1, 0.15) is 18.0 Å². The summed E-state index contributed by atoms with van der Waals surface area (Å²) in [6.45, 7) is 7.66. The normalized spacial score (nSPS) is 19.3. The molecule has 1 fully saturated rings. The minimum Gasteiger partial charge on any atom is -0.445 e. The quantitative estimate of drug-likeness (QED) is 0.439.